The topological polar surface area (TPSA) is 80.0 Å². The summed E-state index contributed by atoms with van der Waals surface area (Å²) in [5, 5.41) is 5.83. The van der Waals surface area contributed by atoms with Crippen LogP contribution in [0.5, 0.6) is 0 Å². The third-order valence-corrected chi connectivity index (χ3v) is 3.94. The molecule has 120 valence electrons. The Morgan fingerprint density at radius 1 is 1.30 bits per heavy atom. The van der Waals surface area contributed by atoms with Crippen molar-refractivity contribution in [2.24, 2.45) is 11.7 Å². The zero-order valence-corrected chi connectivity index (χ0v) is 12.6. The molecule has 0 aliphatic heterocycles. The largest absolute Gasteiger partial charge is 0.348 e. The average molecular weight is 314 g/mol. The fraction of sp³-hybridized carbons (Fsp3) is 0.294. The summed E-state index contributed by atoms with van der Waals surface area (Å²) in [6.07, 6.45) is 3.74. The molecule has 0 saturated heterocycles. The molecule has 1 unspecified atom stereocenters. The summed E-state index contributed by atoms with van der Waals surface area (Å²) in [7, 11) is 0. The molecule has 1 aromatic carbocycles. The van der Waals surface area contributed by atoms with E-state index < -0.39 is 5.82 Å². The Hall–Kier alpha value is -2.47. The highest BCUT2D eigenvalue weighted by Gasteiger charge is 2.31. The number of nitrogens with zero attached hydrogens (tertiary/aromatic N) is 1. The Bertz CT molecular complexity index is 702. The first-order valence-electron chi connectivity index (χ1n) is 7.66. The van der Waals surface area contributed by atoms with E-state index in [9.17, 15) is 9.18 Å². The lowest BCUT2D eigenvalue weighted by Crippen LogP contribution is -2.42. The predicted molar refractivity (Wildman–Crippen MR) is 87.0 cm³/mol. The van der Waals surface area contributed by atoms with Crippen LogP contribution in [0.4, 0.5) is 15.9 Å². The zero-order chi connectivity index (χ0) is 16.2. The Morgan fingerprint density at radius 3 is 2.78 bits per heavy atom. The molecule has 3 rings (SSSR count). The molecule has 1 heterocycles. The zero-order valence-electron chi connectivity index (χ0n) is 12.6. The van der Waals surface area contributed by atoms with Gasteiger partial charge in [0.15, 0.2) is 0 Å². The van der Waals surface area contributed by atoms with Gasteiger partial charge in [-0.25, -0.2) is 9.37 Å². The second-order valence-electron chi connectivity index (χ2n) is 5.66. The number of carbonyl (C=O) groups is 1. The van der Waals surface area contributed by atoms with E-state index in [0.29, 0.717) is 23.8 Å². The van der Waals surface area contributed by atoms with E-state index in [1.807, 2.05) is 0 Å². The fourth-order valence-electron chi connectivity index (χ4n) is 2.49. The van der Waals surface area contributed by atoms with E-state index in [1.165, 1.54) is 6.07 Å². The molecule has 23 heavy (non-hydrogen) atoms. The maximum atomic E-state index is 13.8. The first-order valence-corrected chi connectivity index (χ1v) is 7.66. The second kappa shape index (κ2) is 6.75. The van der Waals surface area contributed by atoms with Crippen molar-refractivity contribution in [1.82, 2.24) is 10.3 Å². The van der Waals surface area contributed by atoms with Crippen molar-refractivity contribution in [3.63, 3.8) is 0 Å². The van der Waals surface area contributed by atoms with E-state index >= 15 is 0 Å². The molecular formula is C17H19FN4O. The van der Waals surface area contributed by atoms with Gasteiger partial charge in [-0.1, -0.05) is 12.1 Å². The van der Waals surface area contributed by atoms with Crippen LogP contribution in [0.3, 0.4) is 0 Å². The Morgan fingerprint density at radius 2 is 2.09 bits per heavy atom. The standard InChI is InChI=1S/C17H19FN4O/c18-13-5-1-2-6-14(13)21-16-12(4-3-9-20-16)17(23)22-15(10-19)11-7-8-11/h1-6,9,11,15H,7-8,10,19H2,(H,20,21)(H,22,23). The number of hydrogen-bond acceptors (Lipinski definition) is 4. The van der Waals surface area contributed by atoms with E-state index in [-0.39, 0.29) is 17.6 Å². The molecule has 1 aromatic heterocycles. The summed E-state index contributed by atoms with van der Waals surface area (Å²) in [6, 6.07) is 9.58. The van der Waals surface area contributed by atoms with Crippen molar-refractivity contribution in [2.45, 2.75) is 18.9 Å². The van der Waals surface area contributed by atoms with Gasteiger partial charge >= 0.3 is 0 Å². The van der Waals surface area contributed by atoms with Gasteiger partial charge in [-0.3, -0.25) is 4.79 Å². The quantitative estimate of drug-likeness (QED) is 0.765. The number of halogens is 1. The number of pyridine rings is 1. The van der Waals surface area contributed by atoms with E-state index in [1.54, 1.807) is 36.5 Å². The van der Waals surface area contributed by atoms with Crippen molar-refractivity contribution in [3.05, 3.63) is 54.0 Å². The highest BCUT2D eigenvalue weighted by Crippen LogP contribution is 2.32. The fourth-order valence-corrected chi connectivity index (χ4v) is 2.49. The summed E-state index contributed by atoms with van der Waals surface area (Å²) >= 11 is 0. The highest BCUT2D eigenvalue weighted by atomic mass is 19.1. The summed E-state index contributed by atoms with van der Waals surface area (Å²) in [6.45, 7) is 0.409. The Kier molecular flexibility index (Phi) is 4.52. The molecule has 5 nitrogen and oxygen atoms in total. The third kappa shape index (κ3) is 3.65. The molecule has 1 amide bonds. The summed E-state index contributed by atoms with van der Waals surface area (Å²) < 4.78 is 13.8. The van der Waals surface area contributed by atoms with Crippen molar-refractivity contribution in [2.75, 3.05) is 11.9 Å². The van der Waals surface area contributed by atoms with Gasteiger partial charge in [0.1, 0.15) is 11.6 Å². The van der Waals surface area contributed by atoms with Gasteiger partial charge in [-0.15, -0.1) is 0 Å². The number of nitrogens with two attached hydrogens (primary N) is 1. The van der Waals surface area contributed by atoms with Crippen LogP contribution in [0.1, 0.15) is 23.2 Å². The van der Waals surface area contributed by atoms with Gasteiger partial charge in [-0.05, 0) is 43.0 Å². The summed E-state index contributed by atoms with van der Waals surface area (Å²) in [4.78, 5) is 16.7. The van der Waals surface area contributed by atoms with Crippen LogP contribution in [0.15, 0.2) is 42.6 Å². The van der Waals surface area contributed by atoms with Crippen molar-refractivity contribution < 1.29 is 9.18 Å². The molecule has 0 spiro atoms. The average Bonchev–Trinajstić information content (AvgIpc) is 3.40. The molecule has 6 heteroatoms. The van der Waals surface area contributed by atoms with Gasteiger partial charge in [0.25, 0.3) is 5.91 Å². The third-order valence-electron chi connectivity index (χ3n) is 3.94. The van der Waals surface area contributed by atoms with Gasteiger partial charge in [-0.2, -0.15) is 0 Å². The number of anilines is 2. The smallest absolute Gasteiger partial charge is 0.255 e. The first kappa shape index (κ1) is 15.4. The maximum Gasteiger partial charge on any atom is 0.255 e. The molecule has 1 saturated carbocycles. The van der Waals surface area contributed by atoms with E-state index in [2.05, 4.69) is 15.6 Å². The van der Waals surface area contributed by atoms with Gasteiger partial charge < -0.3 is 16.4 Å². The monoisotopic (exact) mass is 314 g/mol. The number of carbonyl (C=O) groups excluding carboxylic acids is 1. The van der Waals surface area contributed by atoms with Crippen LogP contribution in [-0.4, -0.2) is 23.5 Å². The highest BCUT2D eigenvalue weighted by molar-refractivity contribution is 5.99. The number of aromatic nitrogens is 1. The van der Waals surface area contributed by atoms with Crippen LogP contribution in [0, 0.1) is 11.7 Å². The van der Waals surface area contributed by atoms with Gasteiger partial charge in [0, 0.05) is 18.8 Å². The first-order chi connectivity index (χ1) is 11.2. The van der Waals surface area contributed by atoms with Crippen molar-refractivity contribution in [1.29, 1.82) is 0 Å². The maximum absolute atomic E-state index is 13.8. The summed E-state index contributed by atoms with van der Waals surface area (Å²) in [5.41, 5.74) is 6.37. The number of nitrogens with one attached hydrogen (secondary N) is 2. The molecule has 4 N–H and O–H groups in total. The molecule has 1 aliphatic carbocycles. The number of rotatable bonds is 6. The van der Waals surface area contributed by atoms with Crippen LogP contribution in [0.2, 0.25) is 0 Å². The van der Waals surface area contributed by atoms with Gasteiger partial charge in [0.05, 0.1) is 11.3 Å². The van der Waals surface area contributed by atoms with E-state index in [4.69, 9.17) is 5.73 Å². The van der Waals surface area contributed by atoms with Crippen molar-refractivity contribution in [3.8, 4) is 0 Å². The van der Waals surface area contributed by atoms with Crippen LogP contribution >= 0.6 is 0 Å². The molecule has 0 radical (unpaired) electrons. The number of hydrogen-bond donors (Lipinski definition) is 3. The predicted octanol–water partition coefficient (Wildman–Crippen LogP) is 2.43. The minimum Gasteiger partial charge on any atom is -0.348 e. The molecule has 1 atom stereocenters. The van der Waals surface area contributed by atoms with Crippen LogP contribution in [0.25, 0.3) is 0 Å². The van der Waals surface area contributed by atoms with Crippen LogP contribution < -0.4 is 16.4 Å². The van der Waals surface area contributed by atoms with Crippen molar-refractivity contribution >= 4 is 17.4 Å². The number of amides is 1. The summed E-state index contributed by atoms with van der Waals surface area (Å²) in [5.74, 6) is 0.131. The minimum absolute atomic E-state index is 0.0241. The second-order valence-corrected chi connectivity index (χ2v) is 5.66. The normalized spacial score (nSPS) is 15.0. The number of para-hydroxylation sites is 1. The Labute approximate surface area is 134 Å². The lowest BCUT2D eigenvalue weighted by atomic mass is 10.1. The van der Waals surface area contributed by atoms with E-state index in [0.717, 1.165) is 12.8 Å². The molecular weight excluding hydrogens is 295 g/mol. The molecule has 0 bridgehead atoms. The number of benzene rings is 1. The lowest BCUT2D eigenvalue weighted by molar-refractivity contribution is 0.0934. The minimum atomic E-state index is -0.401. The SMILES string of the molecule is NCC(NC(=O)c1cccnc1Nc1ccccc1F)C1CC1. The lowest BCUT2D eigenvalue weighted by Gasteiger charge is -2.17. The molecule has 1 aliphatic rings. The Balaban J connectivity index is 1.80. The molecule has 2 aromatic rings. The van der Waals surface area contributed by atoms with Crippen LogP contribution in [-0.2, 0) is 0 Å². The molecule has 1 fully saturated rings. The van der Waals surface area contributed by atoms with Gasteiger partial charge in [0.2, 0.25) is 0 Å².